The van der Waals surface area contributed by atoms with Crippen molar-refractivity contribution < 1.29 is 9.90 Å². The van der Waals surface area contributed by atoms with Gasteiger partial charge in [0.1, 0.15) is 10.7 Å². The predicted molar refractivity (Wildman–Crippen MR) is 85.5 cm³/mol. The molecular weight excluding hydrogens is 286 g/mol. The first kappa shape index (κ1) is 15.5. The normalized spacial score (nSPS) is 10.4. The summed E-state index contributed by atoms with van der Waals surface area (Å²) in [5.41, 5.74) is 3.46. The van der Waals surface area contributed by atoms with Gasteiger partial charge in [0.15, 0.2) is 0 Å². The summed E-state index contributed by atoms with van der Waals surface area (Å²) in [4.78, 5) is 18.2. The fourth-order valence-electron chi connectivity index (χ4n) is 2.02. The molecule has 1 aromatic heterocycles. The lowest BCUT2D eigenvalue weighted by molar-refractivity contribution is 0.188. The summed E-state index contributed by atoms with van der Waals surface area (Å²) in [5, 5.41) is 12.7. The number of anilines is 1. The zero-order valence-corrected chi connectivity index (χ0v) is 12.8. The van der Waals surface area contributed by atoms with Gasteiger partial charge in [-0.1, -0.05) is 37.3 Å². The molecule has 0 atom stereocenters. The van der Waals surface area contributed by atoms with Gasteiger partial charge in [0.25, 0.3) is 0 Å². The van der Waals surface area contributed by atoms with Gasteiger partial charge in [-0.25, -0.2) is 9.78 Å². The highest BCUT2D eigenvalue weighted by molar-refractivity contribution is 7.14. The summed E-state index contributed by atoms with van der Waals surface area (Å²) in [7, 11) is 0. The molecular formula is C15H19N3O2S. The lowest BCUT2D eigenvalue weighted by Crippen LogP contribution is -2.37. The number of hydrogen-bond acceptors (Lipinski definition) is 4. The van der Waals surface area contributed by atoms with E-state index in [1.54, 1.807) is 10.4 Å². The predicted octanol–water partition coefficient (Wildman–Crippen LogP) is 3.05. The van der Waals surface area contributed by atoms with Crippen LogP contribution in [0.5, 0.6) is 0 Å². The molecule has 112 valence electrons. The standard InChI is InChI=1S/C15H19N3O2S/c1-2-8-18(9-10-19)15(20)17-14-13(16-11-21-14)12-6-4-3-5-7-12/h3-7,11,19H,2,8-10H2,1H3,(H,17,20). The molecule has 2 N–H and O–H groups in total. The van der Waals surface area contributed by atoms with Crippen LogP contribution in [0.4, 0.5) is 9.80 Å². The Morgan fingerprint density at radius 2 is 2.10 bits per heavy atom. The Morgan fingerprint density at radius 1 is 1.33 bits per heavy atom. The minimum atomic E-state index is -0.202. The molecule has 21 heavy (non-hydrogen) atoms. The van der Waals surface area contributed by atoms with Crippen LogP contribution in [-0.4, -0.2) is 40.7 Å². The minimum absolute atomic E-state index is 0.0400. The molecule has 0 radical (unpaired) electrons. The molecule has 2 rings (SSSR count). The van der Waals surface area contributed by atoms with Crippen LogP contribution in [0.2, 0.25) is 0 Å². The number of aliphatic hydroxyl groups is 1. The van der Waals surface area contributed by atoms with Crippen LogP contribution in [0, 0.1) is 0 Å². The monoisotopic (exact) mass is 305 g/mol. The van der Waals surface area contributed by atoms with Crippen molar-refractivity contribution in [1.82, 2.24) is 9.88 Å². The van der Waals surface area contributed by atoms with E-state index in [2.05, 4.69) is 10.3 Å². The summed E-state index contributed by atoms with van der Waals surface area (Å²) < 4.78 is 0. The smallest absolute Gasteiger partial charge is 0.322 e. The van der Waals surface area contributed by atoms with Gasteiger partial charge in [0, 0.05) is 18.7 Å². The second-order valence-electron chi connectivity index (χ2n) is 4.54. The largest absolute Gasteiger partial charge is 0.395 e. The molecule has 0 spiro atoms. The maximum absolute atomic E-state index is 12.3. The Labute approximate surface area is 128 Å². The van der Waals surface area contributed by atoms with Crippen LogP contribution in [0.25, 0.3) is 11.3 Å². The summed E-state index contributed by atoms with van der Waals surface area (Å²) in [5.74, 6) is 0. The van der Waals surface area contributed by atoms with Gasteiger partial charge in [-0.05, 0) is 6.42 Å². The first-order valence-electron chi connectivity index (χ1n) is 6.92. The number of aliphatic hydroxyl groups excluding tert-OH is 1. The third-order valence-electron chi connectivity index (χ3n) is 2.99. The number of urea groups is 1. The van der Waals surface area contributed by atoms with E-state index < -0.39 is 0 Å². The molecule has 0 unspecified atom stereocenters. The fraction of sp³-hybridized carbons (Fsp3) is 0.333. The first-order valence-corrected chi connectivity index (χ1v) is 7.80. The van der Waals surface area contributed by atoms with E-state index in [0.29, 0.717) is 13.1 Å². The number of benzene rings is 1. The Kier molecular flexibility index (Phi) is 5.71. The van der Waals surface area contributed by atoms with Gasteiger partial charge >= 0.3 is 6.03 Å². The molecule has 2 aromatic rings. The van der Waals surface area contributed by atoms with Crippen molar-refractivity contribution in [3.63, 3.8) is 0 Å². The molecule has 0 saturated carbocycles. The van der Waals surface area contributed by atoms with Crippen LogP contribution in [0.3, 0.4) is 0 Å². The molecule has 1 aromatic carbocycles. The van der Waals surface area contributed by atoms with Crippen LogP contribution >= 0.6 is 11.3 Å². The number of carbonyl (C=O) groups excluding carboxylic acids is 1. The zero-order chi connectivity index (χ0) is 15.1. The number of aromatic nitrogens is 1. The lowest BCUT2D eigenvalue weighted by Gasteiger charge is -2.21. The highest BCUT2D eigenvalue weighted by atomic mass is 32.1. The second kappa shape index (κ2) is 7.75. The summed E-state index contributed by atoms with van der Waals surface area (Å²) in [6.07, 6.45) is 0.849. The number of carbonyl (C=O) groups is 1. The Balaban J connectivity index is 2.13. The van der Waals surface area contributed by atoms with E-state index in [4.69, 9.17) is 5.11 Å². The maximum Gasteiger partial charge on any atom is 0.322 e. The Hall–Kier alpha value is -1.92. The highest BCUT2D eigenvalue weighted by Gasteiger charge is 2.16. The van der Waals surface area contributed by atoms with Crippen molar-refractivity contribution in [2.45, 2.75) is 13.3 Å². The highest BCUT2D eigenvalue weighted by Crippen LogP contribution is 2.30. The topological polar surface area (TPSA) is 65.5 Å². The second-order valence-corrected chi connectivity index (χ2v) is 5.39. The number of amides is 2. The van der Waals surface area contributed by atoms with Crippen molar-refractivity contribution >= 4 is 22.4 Å². The van der Waals surface area contributed by atoms with Gasteiger partial charge in [0.05, 0.1) is 12.1 Å². The third-order valence-corrected chi connectivity index (χ3v) is 3.73. The SMILES string of the molecule is CCCN(CCO)C(=O)Nc1scnc1-c1ccccc1. The third kappa shape index (κ3) is 4.03. The van der Waals surface area contributed by atoms with Crippen molar-refractivity contribution in [1.29, 1.82) is 0 Å². The van der Waals surface area contributed by atoms with E-state index in [9.17, 15) is 4.79 Å². The quantitative estimate of drug-likeness (QED) is 0.862. The van der Waals surface area contributed by atoms with Gasteiger partial charge in [-0.2, -0.15) is 0 Å². The summed E-state index contributed by atoms with van der Waals surface area (Å²) in [6, 6.07) is 9.54. The van der Waals surface area contributed by atoms with Gasteiger partial charge in [0.2, 0.25) is 0 Å². The van der Waals surface area contributed by atoms with E-state index in [0.717, 1.165) is 22.7 Å². The molecule has 0 bridgehead atoms. The van der Waals surface area contributed by atoms with Crippen molar-refractivity contribution in [3.05, 3.63) is 35.8 Å². The molecule has 0 aliphatic heterocycles. The minimum Gasteiger partial charge on any atom is -0.395 e. The molecule has 0 saturated heterocycles. The van der Waals surface area contributed by atoms with Crippen LogP contribution in [-0.2, 0) is 0 Å². The van der Waals surface area contributed by atoms with Crippen LogP contribution < -0.4 is 5.32 Å². The molecule has 1 heterocycles. The number of hydrogen-bond donors (Lipinski definition) is 2. The Morgan fingerprint density at radius 3 is 2.76 bits per heavy atom. The van der Waals surface area contributed by atoms with Gasteiger partial charge in [-0.15, -0.1) is 11.3 Å². The maximum atomic E-state index is 12.3. The van der Waals surface area contributed by atoms with Crippen molar-refractivity contribution in [2.75, 3.05) is 25.0 Å². The average molecular weight is 305 g/mol. The Bertz CT molecular complexity index is 565. The van der Waals surface area contributed by atoms with Crippen LogP contribution in [0.1, 0.15) is 13.3 Å². The average Bonchev–Trinajstić information content (AvgIpc) is 2.96. The molecule has 0 aliphatic carbocycles. The molecule has 0 aliphatic rings. The summed E-state index contributed by atoms with van der Waals surface area (Å²) in [6.45, 7) is 2.91. The van der Waals surface area contributed by atoms with E-state index in [1.165, 1.54) is 11.3 Å². The summed E-state index contributed by atoms with van der Waals surface area (Å²) >= 11 is 1.39. The fourth-order valence-corrected chi connectivity index (χ4v) is 2.71. The van der Waals surface area contributed by atoms with Crippen molar-refractivity contribution in [3.8, 4) is 11.3 Å². The van der Waals surface area contributed by atoms with E-state index in [-0.39, 0.29) is 12.6 Å². The molecule has 5 nitrogen and oxygen atoms in total. The van der Waals surface area contributed by atoms with E-state index in [1.807, 2.05) is 37.3 Å². The van der Waals surface area contributed by atoms with Crippen LogP contribution in [0.15, 0.2) is 35.8 Å². The van der Waals surface area contributed by atoms with Crippen molar-refractivity contribution in [2.24, 2.45) is 0 Å². The molecule has 6 heteroatoms. The molecule has 2 amide bonds. The number of nitrogens with one attached hydrogen (secondary N) is 1. The first-order chi connectivity index (χ1) is 10.3. The number of rotatable bonds is 6. The number of thiazole rings is 1. The van der Waals surface area contributed by atoms with E-state index >= 15 is 0 Å². The number of nitrogens with zero attached hydrogens (tertiary/aromatic N) is 2. The van der Waals surface area contributed by atoms with Gasteiger partial charge in [-0.3, -0.25) is 5.32 Å². The molecule has 0 fully saturated rings. The zero-order valence-electron chi connectivity index (χ0n) is 12.0. The lowest BCUT2D eigenvalue weighted by atomic mass is 10.2. The van der Waals surface area contributed by atoms with Gasteiger partial charge < -0.3 is 10.0 Å².